The van der Waals surface area contributed by atoms with Crippen molar-refractivity contribution in [2.75, 3.05) is 0 Å². The zero-order chi connectivity index (χ0) is 18.3. The Balaban J connectivity index is 2.09. The van der Waals surface area contributed by atoms with E-state index >= 15 is 0 Å². The first-order valence-electron chi connectivity index (χ1n) is 8.66. The lowest BCUT2D eigenvalue weighted by molar-refractivity contribution is 0.0496. The van der Waals surface area contributed by atoms with E-state index in [0.717, 1.165) is 11.1 Å². The van der Waals surface area contributed by atoms with Crippen molar-refractivity contribution < 1.29 is 9.53 Å². The van der Waals surface area contributed by atoms with Crippen LogP contribution in [0.4, 0.5) is 4.79 Å². The largest absolute Gasteiger partial charge is 0.444 e. The van der Waals surface area contributed by atoms with Crippen LogP contribution >= 0.6 is 0 Å². The van der Waals surface area contributed by atoms with Gasteiger partial charge in [-0.25, -0.2) is 4.79 Å². The maximum absolute atomic E-state index is 12.2. The summed E-state index contributed by atoms with van der Waals surface area (Å²) >= 11 is 0. The van der Waals surface area contributed by atoms with Gasteiger partial charge in [0.1, 0.15) is 5.60 Å². The van der Waals surface area contributed by atoms with E-state index in [4.69, 9.17) is 10.5 Å². The van der Waals surface area contributed by atoms with Crippen LogP contribution in [0.25, 0.3) is 0 Å². The molecule has 1 amide bonds. The quantitative estimate of drug-likeness (QED) is 0.843. The maximum atomic E-state index is 12.2. The Morgan fingerprint density at radius 1 is 0.960 bits per heavy atom. The summed E-state index contributed by atoms with van der Waals surface area (Å²) in [5.74, 6) is 0. The maximum Gasteiger partial charge on any atom is 0.407 e. The minimum absolute atomic E-state index is 0.211. The Labute approximate surface area is 150 Å². The van der Waals surface area contributed by atoms with Crippen LogP contribution in [0.1, 0.15) is 31.9 Å². The number of carbonyl (C=O) groups excluding carboxylic acids is 1. The van der Waals surface area contributed by atoms with Crippen LogP contribution in [0.2, 0.25) is 0 Å². The molecule has 0 bridgehead atoms. The molecule has 25 heavy (non-hydrogen) atoms. The van der Waals surface area contributed by atoms with Gasteiger partial charge in [0.2, 0.25) is 0 Å². The average molecular weight is 340 g/mol. The highest BCUT2D eigenvalue weighted by Gasteiger charge is 2.24. The van der Waals surface area contributed by atoms with Crippen molar-refractivity contribution in [3.8, 4) is 0 Å². The van der Waals surface area contributed by atoms with Gasteiger partial charge in [0.15, 0.2) is 0 Å². The Hall–Kier alpha value is -2.33. The van der Waals surface area contributed by atoms with E-state index < -0.39 is 11.7 Å². The van der Waals surface area contributed by atoms with E-state index in [-0.39, 0.29) is 12.1 Å². The van der Waals surface area contributed by atoms with E-state index in [1.807, 2.05) is 81.4 Å². The second kappa shape index (κ2) is 8.67. The van der Waals surface area contributed by atoms with Crippen molar-refractivity contribution in [1.29, 1.82) is 0 Å². The molecule has 4 heteroatoms. The van der Waals surface area contributed by atoms with Gasteiger partial charge in [-0.3, -0.25) is 0 Å². The zero-order valence-electron chi connectivity index (χ0n) is 15.2. The number of rotatable bonds is 6. The molecular weight excluding hydrogens is 312 g/mol. The van der Waals surface area contributed by atoms with Crippen LogP contribution in [0, 0.1) is 0 Å². The lowest BCUT2D eigenvalue weighted by Crippen LogP contribution is -2.51. The third-order valence-corrected chi connectivity index (χ3v) is 3.83. The van der Waals surface area contributed by atoms with Gasteiger partial charge in [-0.15, -0.1) is 0 Å². The molecule has 2 rings (SSSR count). The van der Waals surface area contributed by atoms with Crippen LogP contribution < -0.4 is 11.1 Å². The third-order valence-electron chi connectivity index (χ3n) is 3.83. The SMILES string of the molecule is CC(C)(C)OC(=O)NC(Cc1ccccc1)C(N)Cc1ccccc1. The molecule has 2 aromatic rings. The topological polar surface area (TPSA) is 64.3 Å². The predicted molar refractivity (Wildman–Crippen MR) is 101 cm³/mol. The van der Waals surface area contributed by atoms with E-state index in [0.29, 0.717) is 12.8 Å². The number of hydrogen-bond acceptors (Lipinski definition) is 3. The summed E-state index contributed by atoms with van der Waals surface area (Å²) in [5.41, 5.74) is 8.19. The van der Waals surface area contributed by atoms with Crippen molar-refractivity contribution in [2.45, 2.75) is 51.3 Å². The van der Waals surface area contributed by atoms with Crippen LogP contribution in [-0.2, 0) is 17.6 Å². The molecule has 0 radical (unpaired) electrons. The fourth-order valence-corrected chi connectivity index (χ4v) is 2.66. The molecule has 3 N–H and O–H groups in total. The molecule has 2 aromatic carbocycles. The lowest BCUT2D eigenvalue weighted by atomic mass is 9.95. The van der Waals surface area contributed by atoms with Crippen molar-refractivity contribution >= 4 is 6.09 Å². The normalized spacial score (nSPS) is 13.8. The zero-order valence-corrected chi connectivity index (χ0v) is 15.2. The van der Waals surface area contributed by atoms with Gasteiger partial charge in [-0.05, 0) is 44.7 Å². The summed E-state index contributed by atoms with van der Waals surface area (Å²) < 4.78 is 5.40. The van der Waals surface area contributed by atoms with Crippen LogP contribution in [0.15, 0.2) is 60.7 Å². The summed E-state index contributed by atoms with van der Waals surface area (Å²) in [5, 5.41) is 2.96. The second-order valence-electron chi connectivity index (χ2n) is 7.30. The number of nitrogens with two attached hydrogens (primary N) is 1. The number of hydrogen-bond donors (Lipinski definition) is 2. The van der Waals surface area contributed by atoms with Gasteiger partial charge in [-0.1, -0.05) is 60.7 Å². The first-order valence-corrected chi connectivity index (χ1v) is 8.66. The van der Waals surface area contributed by atoms with E-state index in [9.17, 15) is 4.79 Å². The highest BCUT2D eigenvalue weighted by atomic mass is 16.6. The molecule has 0 aliphatic rings. The van der Waals surface area contributed by atoms with Crippen molar-refractivity contribution in [3.05, 3.63) is 71.8 Å². The molecule has 0 aromatic heterocycles. The fraction of sp³-hybridized carbons (Fsp3) is 0.381. The smallest absolute Gasteiger partial charge is 0.407 e. The Bertz CT molecular complexity index is 651. The first-order chi connectivity index (χ1) is 11.8. The van der Waals surface area contributed by atoms with E-state index in [1.165, 1.54) is 0 Å². The number of benzene rings is 2. The molecule has 0 spiro atoms. The summed E-state index contributed by atoms with van der Waals surface area (Å²) in [6.07, 6.45) is 0.916. The summed E-state index contributed by atoms with van der Waals surface area (Å²) in [4.78, 5) is 12.2. The number of carbonyl (C=O) groups is 1. The first kappa shape index (κ1) is 19.0. The molecule has 4 nitrogen and oxygen atoms in total. The molecule has 0 aliphatic carbocycles. The monoisotopic (exact) mass is 340 g/mol. The minimum Gasteiger partial charge on any atom is -0.444 e. The van der Waals surface area contributed by atoms with Gasteiger partial charge in [0.05, 0.1) is 6.04 Å². The van der Waals surface area contributed by atoms with Gasteiger partial charge in [-0.2, -0.15) is 0 Å². The Kier molecular flexibility index (Phi) is 6.59. The van der Waals surface area contributed by atoms with Crippen LogP contribution in [0.3, 0.4) is 0 Å². The summed E-state index contributed by atoms with van der Waals surface area (Å²) in [6.45, 7) is 5.55. The standard InChI is InChI=1S/C21H28N2O2/c1-21(2,3)25-20(24)23-19(15-17-12-8-5-9-13-17)18(22)14-16-10-6-4-7-11-16/h4-13,18-19H,14-15,22H2,1-3H3,(H,23,24). The molecule has 134 valence electrons. The number of nitrogens with one attached hydrogen (secondary N) is 1. The second-order valence-corrected chi connectivity index (χ2v) is 7.30. The van der Waals surface area contributed by atoms with Crippen molar-refractivity contribution in [1.82, 2.24) is 5.32 Å². The van der Waals surface area contributed by atoms with E-state index in [1.54, 1.807) is 0 Å². The highest BCUT2D eigenvalue weighted by Crippen LogP contribution is 2.12. The van der Waals surface area contributed by atoms with Gasteiger partial charge < -0.3 is 15.8 Å². The molecule has 2 atom stereocenters. The van der Waals surface area contributed by atoms with E-state index in [2.05, 4.69) is 5.32 Å². The molecule has 2 unspecified atom stereocenters. The molecule has 0 saturated carbocycles. The number of ether oxygens (including phenoxy) is 1. The number of amides is 1. The molecular formula is C21H28N2O2. The lowest BCUT2D eigenvalue weighted by Gasteiger charge is -2.27. The van der Waals surface area contributed by atoms with Crippen LogP contribution in [-0.4, -0.2) is 23.8 Å². The average Bonchev–Trinajstić information content (AvgIpc) is 2.54. The van der Waals surface area contributed by atoms with Gasteiger partial charge >= 0.3 is 6.09 Å². The minimum atomic E-state index is -0.537. The molecule has 0 heterocycles. The Morgan fingerprint density at radius 2 is 1.44 bits per heavy atom. The van der Waals surface area contributed by atoms with Crippen LogP contribution in [0.5, 0.6) is 0 Å². The predicted octanol–water partition coefficient (Wildman–Crippen LogP) is 3.69. The van der Waals surface area contributed by atoms with Crippen molar-refractivity contribution in [3.63, 3.8) is 0 Å². The van der Waals surface area contributed by atoms with Crippen molar-refractivity contribution in [2.24, 2.45) is 5.73 Å². The highest BCUT2D eigenvalue weighted by molar-refractivity contribution is 5.68. The Morgan fingerprint density at radius 3 is 1.92 bits per heavy atom. The number of alkyl carbamates (subject to hydrolysis) is 1. The summed E-state index contributed by atoms with van der Waals surface area (Å²) in [6, 6.07) is 19.7. The molecule has 0 aliphatic heterocycles. The fourth-order valence-electron chi connectivity index (χ4n) is 2.66. The summed E-state index contributed by atoms with van der Waals surface area (Å²) in [7, 11) is 0. The third kappa shape index (κ3) is 6.98. The van der Waals surface area contributed by atoms with Gasteiger partial charge in [0, 0.05) is 6.04 Å². The molecule has 0 saturated heterocycles. The van der Waals surface area contributed by atoms with Gasteiger partial charge in [0.25, 0.3) is 0 Å². The molecule has 0 fully saturated rings.